The van der Waals surface area contributed by atoms with Crippen LogP contribution in [0.2, 0.25) is 15.1 Å². The molecule has 1 aliphatic carbocycles. The summed E-state index contributed by atoms with van der Waals surface area (Å²) in [6.45, 7) is 0.0980. The molecular formula is C17H12Cl3F3N2O. The number of benzene rings is 1. The van der Waals surface area contributed by atoms with Crippen LogP contribution >= 0.6 is 34.8 Å². The van der Waals surface area contributed by atoms with Crippen molar-refractivity contribution in [2.24, 2.45) is 0 Å². The third-order valence-electron chi connectivity index (χ3n) is 4.31. The van der Waals surface area contributed by atoms with Gasteiger partial charge < -0.3 is 5.32 Å². The van der Waals surface area contributed by atoms with Crippen molar-refractivity contribution in [1.29, 1.82) is 0 Å². The summed E-state index contributed by atoms with van der Waals surface area (Å²) in [6, 6.07) is 5.05. The number of nitrogens with zero attached hydrogens (tertiary/aromatic N) is 1. The van der Waals surface area contributed by atoms with Crippen molar-refractivity contribution in [3.8, 4) is 0 Å². The first-order chi connectivity index (χ1) is 12.1. The summed E-state index contributed by atoms with van der Waals surface area (Å²) >= 11 is 18.4. The van der Waals surface area contributed by atoms with Crippen molar-refractivity contribution in [2.75, 3.05) is 6.54 Å². The summed E-state index contributed by atoms with van der Waals surface area (Å²) in [4.78, 5) is 15.9. The highest BCUT2D eigenvalue weighted by molar-refractivity contribution is 6.39. The number of nitrogens with one attached hydrogen (secondary N) is 1. The molecule has 0 saturated heterocycles. The summed E-state index contributed by atoms with van der Waals surface area (Å²) < 4.78 is 39.1. The first-order valence-corrected chi connectivity index (χ1v) is 8.73. The third-order valence-corrected chi connectivity index (χ3v) is 5.12. The van der Waals surface area contributed by atoms with E-state index in [2.05, 4.69) is 10.3 Å². The molecule has 1 amide bonds. The lowest BCUT2D eigenvalue weighted by atomic mass is 9.95. The van der Waals surface area contributed by atoms with Crippen molar-refractivity contribution >= 4 is 40.7 Å². The Morgan fingerprint density at radius 1 is 1.19 bits per heavy atom. The minimum Gasteiger partial charge on any atom is -0.350 e. The quantitative estimate of drug-likeness (QED) is 0.703. The van der Waals surface area contributed by atoms with Gasteiger partial charge in [-0.3, -0.25) is 9.78 Å². The first kappa shape index (κ1) is 19.3. The average molecular weight is 424 g/mol. The standard InChI is InChI=1S/C17H12Cl3F3N2O/c18-9-6-11(19)13(12(20)7-9)16(3-4-16)8-25-15(26)14-10(17(21,22)23)2-1-5-24-14/h1-2,5-7H,3-4,8H2,(H,25,26). The smallest absolute Gasteiger partial charge is 0.350 e. The second-order valence-corrected chi connectivity index (χ2v) is 7.36. The normalized spacial score (nSPS) is 15.6. The molecule has 0 spiro atoms. The zero-order chi connectivity index (χ0) is 19.1. The van der Waals surface area contributed by atoms with Gasteiger partial charge in [0.2, 0.25) is 0 Å². The number of rotatable bonds is 4. The van der Waals surface area contributed by atoms with Crippen LogP contribution in [0.3, 0.4) is 0 Å². The van der Waals surface area contributed by atoms with Crippen LogP contribution in [-0.4, -0.2) is 17.4 Å². The van der Waals surface area contributed by atoms with Gasteiger partial charge in [0.05, 0.1) is 5.56 Å². The summed E-state index contributed by atoms with van der Waals surface area (Å²) in [5.41, 5.74) is -1.61. The maximum atomic E-state index is 13.0. The van der Waals surface area contributed by atoms with E-state index in [1.165, 1.54) is 0 Å². The summed E-state index contributed by atoms with van der Waals surface area (Å²) in [7, 11) is 0. The minimum absolute atomic E-state index is 0.0980. The molecule has 0 radical (unpaired) electrons. The second kappa shape index (κ2) is 6.91. The molecule has 26 heavy (non-hydrogen) atoms. The fourth-order valence-electron chi connectivity index (χ4n) is 2.86. The molecule has 3 rings (SSSR count). The predicted molar refractivity (Wildman–Crippen MR) is 94.0 cm³/mol. The Morgan fingerprint density at radius 3 is 2.35 bits per heavy atom. The Morgan fingerprint density at radius 2 is 1.81 bits per heavy atom. The third kappa shape index (κ3) is 3.77. The number of halogens is 6. The molecule has 138 valence electrons. The van der Waals surface area contributed by atoms with Crippen LogP contribution in [0.1, 0.15) is 34.5 Å². The van der Waals surface area contributed by atoms with E-state index >= 15 is 0 Å². The van der Waals surface area contributed by atoms with Crippen molar-refractivity contribution in [3.05, 3.63) is 62.4 Å². The molecule has 1 fully saturated rings. The van der Waals surface area contributed by atoms with E-state index in [0.717, 1.165) is 18.3 Å². The van der Waals surface area contributed by atoms with Crippen LogP contribution < -0.4 is 5.32 Å². The fourth-order valence-corrected chi connectivity index (χ4v) is 4.08. The van der Waals surface area contributed by atoms with E-state index in [1.807, 2.05) is 0 Å². The molecule has 3 nitrogen and oxygen atoms in total. The molecular weight excluding hydrogens is 412 g/mol. The van der Waals surface area contributed by atoms with Crippen LogP contribution in [0.15, 0.2) is 30.5 Å². The molecule has 1 aliphatic rings. The Hall–Kier alpha value is -1.50. The molecule has 1 heterocycles. The van der Waals surface area contributed by atoms with Crippen LogP contribution in [0, 0.1) is 0 Å². The van der Waals surface area contributed by atoms with E-state index in [9.17, 15) is 18.0 Å². The van der Waals surface area contributed by atoms with Crippen molar-refractivity contribution in [2.45, 2.75) is 24.4 Å². The SMILES string of the molecule is O=C(NCC1(c2c(Cl)cc(Cl)cc2Cl)CC1)c1ncccc1C(F)(F)F. The van der Waals surface area contributed by atoms with E-state index in [4.69, 9.17) is 34.8 Å². The number of aromatic nitrogens is 1. The lowest BCUT2D eigenvalue weighted by Gasteiger charge is -2.20. The molecule has 0 aliphatic heterocycles. The maximum absolute atomic E-state index is 13.0. The topological polar surface area (TPSA) is 42.0 Å². The van der Waals surface area contributed by atoms with Gasteiger partial charge in [0.15, 0.2) is 0 Å². The first-order valence-electron chi connectivity index (χ1n) is 7.59. The predicted octanol–water partition coefficient (Wildman–Crippen LogP) is 5.52. The van der Waals surface area contributed by atoms with Gasteiger partial charge in [-0.25, -0.2) is 0 Å². The van der Waals surface area contributed by atoms with Crippen LogP contribution in [-0.2, 0) is 11.6 Å². The number of hydrogen-bond acceptors (Lipinski definition) is 2. The molecule has 0 bridgehead atoms. The van der Waals surface area contributed by atoms with Crippen molar-refractivity contribution < 1.29 is 18.0 Å². The Labute approximate surface area is 162 Å². The van der Waals surface area contributed by atoms with Crippen LogP contribution in [0.25, 0.3) is 0 Å². The molecule has 1 aromatic carbocycles. The van der Waals surface area contributed by atoms with Gasteiger partial charge in [0.25, 0.3) is 5.91 Å². The molecule has 1 N–H and O–H groups in total. The zero-order valence-electron chi connectivity index (χ0n) is 13.1. The highest BCUT2D eigenvalue weighted by atomic mass is 35.5. The van der Waals surface area contributed by atoms with Gasteiger partial charge in [-0.1, -0.05) is 34.8 Å². The van der Waals surface area contributed by atoms with Gasteiger partial charge in [0.1, 0.15) is 5.69 Å². The average Bonchev–Trinajstić information content (AvgIpc) is 3.31. The van der Waals surface area contributed by atoms with Crippen LogP contribution in [0.5, 0.6) is 0 Å². The van der Waals surface area contributed by atoms with Crippen LogP contribution in [0.4, 0.5) is 13.2 Å². The van der Waals surface area contributed by atoms with Crippen molar-refractivity contribution in [3.63, 3.8) is 0 Å². The summed E-state index contributed by atoms with van der Waals surface area (Å²) in [5, 5.41) is 3.64. The molecule has 2 aromatic rings. The zero-order valence-corrected chi connectivity index (χ0v) is 15.4. The number of carbonyl (C=O) groups is 1. The van der Waals surface area contributed by atoms with E-state index < -0.39 is 28.8 Å². The lowest BCUT2D eigenvalue weighted by molar-refractivity contribution is -0.138. The number of alkyl halides is 3. The van der Waals surface area contributed by atoms with Gasteiger partial charge in [-0.05, 0) is 42.7 Å². The van der Waals surface area contributed by atoms with Gasteiger partial charge in [-0.15, -0.1) is 0 Å². The molecule has 1 saturated carbocycles. The van der Waals surface area contributed by atoms with E-state index in [-0.39, 0.29) is 6.54 Å². The van der Waals surface area contributed by atoms with Gasteiger partial charge >= 0.3 is 6.18 Å². The number of pyridine rings is 1. The highest BCUT2D eigenvalue weighted by Crippen LogP contribution is 2.53. The number of hydrogen-bond donors (Lipinski definition) is 1. The van der Waals surface area contributed by atoms with Gasteiger partial charge in [-0.2, -0.15) is 13.2 Å². The summed E-state index contributed by atoms with van der Waals surface area (Å²) in [5.74, 6) is -0.898. The van der Waals surface area contributed by atoms with Crippen molar-refractivity contribution in [1.82, 2.24) is 10.3 Å². The van der Waals surface area contributed by atoms with E-state index in [1.54, 1.807) is 12.1 Å². The molecule has 1 aromatic heterocycles. The van der Waals surface area contributed by atoms with Gasteiger partial charge in [0, 0.05) is 33.2 Å². The maximum Gasteiger partial charge on any atom is 0.418 e. The Kier molecular flexibility index (Phi) is 5.12. The summed E-state index contributed by atoms with van der Waals surface area (Å²) in [6.07, 6.45) is -2.13. The fraction of sp³-hybridized carbons (Fsp3) is 0.294. The monoisotopic (exact) mass is 422 g/mol. The molecule has 0 atom stereocenters. The number of amides is 1. The Balaban J connectivity index is 1.81. The molecule has 9 heteroatoms. The lowest BCUT2D eigenvalue weighted by Crippen LogP contribution is -2.34. The molecule has 0 unspecified atom stereocenters. The number of carbonyl (C=O) groups excluding carboxylic acids is 1. The highest BCUT2D eigenvalue weighted by Gasteiger charge is 2.47. The largest absolute Gasteiger partial charge is 0.418 e. The van der Waals surface area contributed by atoms with E-state index in [0.29, 0.717) is 33.5 Å². The minimum atomic E-state index is -4.67. The second-order valence-electron chi connectivity index (χ2n) is 6.10. The Bertz CT molecular complexity index is 844.